The lowest BCUT2D eigenvalue weighted by Gasteiger charge is -2.33. The second-order valence-corrected chi connectivity index (χ2v) is 6.30. The molecule has 7 heteroatoms. The molecular formula is C23H17N5O2. The Labute approximate surface area is 174 Å². The maximum atomic E-state index is 9.81. The van der Waals surface area contributed by atoms with E-state index in [1.807, 2.05) is 12.1 Å². The molecule has 30 heavy (non-hydrogen) atoms. The van der Waals surface area contributed by atoms with Gasteiger partial charge in [-0.15, -0.1) is 0 Å². The van der Waals surface area contributed by atoms with Crippen molar-refractivity contribution in [1.29, 1.82) is 21.2 Å². The molecule has 0 fully saturated rings. The average Bonchev–Trinajstić information content (AvgIpc) is 2.80. The molecule has 1 aliphatic heterocycles. The van der Waals surface area contributed by atoms with Gasteiger partial charge in [0.1, 0.15) is 41.1 Å². The van der Waals surface area contributed by atoms with Crippen LogP contribution in [0.4, 0.5) is 5.69 Å². The minimum absolute atomic E-state index is 0.0993. The van der Waals surface area contributed by atoms with E-state index in [-0.39, 0.29) is 23.4 Å². The summed E-state index contributed by atoms with van der Waals surface area (Å²) in [6, 6.07) is 19.9. The second kappa shape index (κ2) is 8.65. The molecule has 7 nitrogen and oxygen atoms in total. The lowest BCUT2D eigenvalue weighted by atomic mass is 9.89. The summed E-state index contributed by atoms with van der Waals surface area (Å²) in [6.45, 7) is 0. The normalized spacial score (nSPS) is 13.2. The lowest BCUT2D eigenvalue weighted by Crippen LogP contribution is -2.35. The van der Waals surface area contributed by atoms with Gasteiger partial charge < -0.3 is 9.47 Å². The quantitative estimate of drug-likeness (QED) is 0.777. The summed E-state index contributed by atoms with van der Waals surface area (Å²) in [5, 5.41) is 37.6. The highest BCUT2D eigenvalue weighted by Crippen LogP contribution is 2.38. The number of anilines is 1. The van der Waals surface area contributed by atoms with Gasteiger partial charge in [0.15, 0.2) is 0 Å². The fourth-order valence-electron chi connectivity index (χ4n) is 3.25. The first-order valence-corrected chi connectivity index (χ1v) is 8.92. The summed E-state index contributed by atoms with van der Waals surface area (Å²) in [7, 11) is 3.11. The van der Waals surface area contributed by atoms with Gasteiger partial charge >= 0.3 is 0 Å². The number of amidine groups is 1. The van der Waals surface area contributed by atoms with Gasteiger partial charge in [-0.25, -0.2) is 0 Å². The van der Waals surface area contributed by atoms with Crippen molar-refractivity contribution < 1.29 is 9.47 Å². The minimum Gasteiger partial charge on any atom is -0.497 e. The van der Waals surface area contributed by atoms with Crippen molar-refractivity contribution in [2.45, 2.75) is 6.42 Å². The highest BCUT2D eigenvalue weighted by Gasteiger charge is 2.32. The zero-order valence-electron chi connectivity index (χ0n) is 16.4. The number of ether oxygens (including phenoxy) is 2. The van der Waals surface area contributed by atoms with E-state index in [2.05, 4.69) is 6.07 Å². The molecule has 2 aromatic rings. The van der Waals surface area contributed by atoms with Crippen molar-refractivity contribution in [3.05, 3.63) is 70.9 Å². The third-order valence-corrected chi connectivity index (χ3v) is 4.77. The number of rotatable bonds is 4. The van der Waals surface area contributed by atoms with Crippen LogP contribution in [0.25, 0.3) is 5.57 Å². The Morgan fingerprint density at radius 1 is 0.900 bits per heavy atom. The standard InChI is InChI=1S/C23H17N5O2/c1-29-18-7-3-15(4-8-18)20-11-22(16(12-24)13-25)28(23(27)21(20)14-26)17-5-9-19(30-2)10-6-17/h3-10,27H,11H2,1-2H3. The number of hydrogen-bond acceptors (Lipinski definition) is 6. The number of nitrogens with zero attached hydrogens (tertiary/aromatic N) is 4. The van der Waals surface area contributed by atoms with Crippen molar-refractivity contribution in [2.24, 2.45) is 0 Å². The third kappa shape index (κ3) is 3.58. The van der Waals surface area contributed by atoms with Crippen LogP contribution < -0.4 is 14.4 Å². The van der Waals surface area contributed by atoms with Crippen LogP contribution >= 0.6 is 0 Å². The maximum absolute atomic E-state index is 9.81. The van der Waals surface area contributed by atoms with Gasteiger partial charge in [-0.05, 0) is 47.5 Å². The van der Waals surface area contributed by atoms with Gasteiger partial charge in [0, 0.05) is 12.1 Å². The summed E-state index contributed by atoms with van der Waals surface area (Å²) in [6.07, 6.45) is 0.153. The van der Waals surface area contributed by atoms with Gasteiger partial charge in [-0.3, -0.25) is 10.3 Å². The molecule has 0 bridgehead atoms. The Hall–Kier alpha value is -4.54. The molecule has 0 saturated carbocycles. The summed E-state index contributed by atoms with van der Waals surface area (Å²) in [5.74, 6) is 1.19. The molecule has 1 aliphatic rings. The van der Waals surface area contributed by atoms with Crippen LogP contribution in [0.3, 0.4) is 0 Å². The predicted molar refractivity (Wildman–Crippen MR) is 112 cm³/mol. The van der Waals surface area contributed by atoms with E-state index in [1.165, 1.54) is 4.90 Å². The van der Waals surface area contributed by atoms with Gasteiger partial charge in [-0.2, -0.15) is 15.8 Å². The van der Waals surface area contributed by atoms with E-state index in [9.17, 15) is 15.8 Å². The van der Waals surface area contributed by atoms with Crippen LogP contribution in [0.15, 0.2) is 65.4 Å². The first-order chi connectivity index (χ1) is 14.6. The van der Waals surface area contributed by atoms with Crippen LogP contribution in [0.2, 0.25) is 0 Å². The third-order valence-electron chi connectivity index (χ3n) is 4.77. The summed E-state index contributed by atoms with van der Waals surface area (Å²) >= 11 is 0. The van der Waals surface area contributed by atoms with E-state index in [0.717, 1.165) is 5.56 Å². The molecule has 2 aromatic carbocycles. The van der Waals surface area contributed by atoms with E-state index in [1.54, 1.807) is 62.8 Å². The Morgan fingerprint density at radius 3 is 1.90 bits per heavy atom. The highest BCUT2D eigenvalue weighted by molar-refractivity contribution is 6.19. The van der Waals surface area contributed by atoms with Crippen LogP contribution in [-0.2, 0) is 0 Å². The van der Waals surface area contributed by atoms with Crippen LogP contribution in [-0.4, -0.2) is 20.1 Å². The number of benzene rings is 2. The van der Waals surface area contributed by atoms with Crippen molar-refractivity contribution >= 4 is 17.1 Å². The molecule has 0 radical (unpaired) electrons. The summed E-state index contributed by atoms with van der Waals surface area (Å²) in [4.78, 5) is 1.47. The monoisotopic (exact) mass is 395 g/mol. The zero-order valence-corrected chi connectivity index (χ0v) is 16.4. The van der Waals surface area contributed by atoms with Crippen molar-refractivity contribution in [2.75, 3.05) is 19.1 Å². The molecule has 0 spiro atoms. The van der Waals surface area contributed by atoms with E-state index in [0.29, 0.717) is 28.5 Å². The fourth-order valence-corrected chi connectivity index (χ4v) is 3.25. The molecule has 0 unspecified atom stereocenters. The Kier molecular flexibility index (Phi) is 5.82. The SMILES string of the molecule is COc1ccc(C2=C(C#N)C(=N)N(c3ccc(OC)cc3)C(=C(C#N)C#N)C2)cc1. The Bertz CT molecular complexity index is 1150. The number of nitriles is 3. The summed E-state index contributed by atoms with van der Waals surface area (Å²) < 4.78 is 10.4. The lowest BCUT2D eigenvalue weighted by molar-refractivity contribution is 0.414. The molecule has 0 aromatic heterocycles. The Balaban J connectivity index is 2.21. The molecule has 146 valence electrons. The predicted octanol–water partition coefficient (Wildman–Crippen LogP) is 4.17. The molecule has 1 heterocycles. The molecule has 0 saturated heterocycles. The van der Waals surface area contributed by atoms with Gasteiger partial charge in [0.05, 0.1) is 25.5 Å². The molecule has 0 aliphatic carbocycles. The van der Waals surface area contributed by atoms with Gasteiger partial charge in [-0.1, -0.05) is 12.1 Å². The average molecular weight is 395 g/mol. The van der Waals surface area contributed by atoms with Crippen LogP contribution in [0.5, 0.6) is 11.5 Å². The van der Waals surface area contributed by atoms with E-state index in [4.69, 9.17) is 14.9 Å². The largest absolute Gasteiger partial charge is 0.497 e. The number of nitrogens with one attached hydrogen (secondary N) is 1. The van der Waals surface area contributed by atoms with Gasteiger partial charge in [0.2, 0.25) is 0 Å². The Morgan fingerprint density at radius 2 is 1.43 bits per heavy atom. The molecular weight excluding hydrogens is 378 g/mol. The molecule has 1 N–H and O–H groups in total. The second-order valence-electron chi connectivity index (χ2n) is 6.30. The molecule has 0 amide bonds. The van der Waals surface area contributed by atoms with E-state index >= 15 is 0 Å². The first kappa shape index (κ1) is 20.2. The smallest absolute Gasteiger partial charge is 0.149 e. The van der Waals surface area contributed by atoms with E-state index < -0.39 is 0 Å². The molecule has 3 rings (SSSR count). The maximum Gasteiger partial charge on any atom is 0.149 e. The number of allylic oxidation sites excluding steroid dienone is 2. The number of hydrogen-bond donors (Lipinski definition) is 1. The number of methoxy groups -OCH3 is 2. The summed E-state index contributed by atoms with van der Waals surface area (Å²) in [5.41, 5.74) is 2.26. The van der Waals surface area contributed by atoms with Crippen molar-refractivity contribution in [1.82, 2.24) is 0 Å². The minimum atomic E-state index is -0.112. The topological polar surface area (TPSA) is 117 Å². The molecule has 0 atom stereocenters. The highest BCUT2D eigenvalue weighted by atomic mass is 16.5. The van der Waals surface area contributed by atoms with Crippen LogP contribution in [0.1, 0.15) is 12.0 Å². The first-order valence-electron chi connectivity index (χ1n) is 8.92. The van der Waals surface area contributed by atoms with Crippen LogP contribution in [0, 0.1) is 39.4 Å². The fraction of sp³-hybridized carbons (Fsp3) is 0.130. The van der Waals surface area contributed by atoms with Gasteiger partial charge in [0.25, 0.3) is 0 Å². The van der Waals surface area contributed by atoms with Crippen molar-refractivity contribution in [3.63, 3.8) is 0 Å². The zero-order chi connectivity index (χ0) is 21.7. The van der Waals surface area contributed by atoms with Crippen molar-refractivity contribution in [3.8, 4) is 29.7 Å².